The summed E-state index contributed by atoms with van der Waals surface area (Å²) in [4.78, 5) is 17.0. The molecule has 0 N–H and O–H groups in total. The predicted octanol–water partition coefficient (Wildman–Crippen LogP) is 3.51. The molecule has 0 spiro atoms. The lowest BCUT2D eigenvalue weighted by molar-refractivity contribution is 0.0216. The van der Waals surface area contributed by atoms with Crippen LogP contribution in [0.15, 0.2) is 17.8 Å². The molecule has 1 aliphatic heterocycles. The smallest absolute Gasteiger partial charge is 0.410 e. The Kier molecular flexibility index (Phi) is 3.99. The van der Waals surface area contributed by atoms with Crippen molar-refractivity contribution in [2.45, 2.75) is 26.4 Å². The number of ether oxygens (including phenoxy) is 1. The molecule has 20 heavy (non-hydrogen) atoms. The van der Waals surface area contributed by atoms with Crippen LogP contribution in [0.1, 0.15) is 26.3 Å². The van der Waals surface area contributed by atoms with Crippen molar-refractivity contribution in [2.75, 3.05) is 13.1 Å². The van der Waals surface area contributed by atoms with Gasteiger partial charge >= 0.3 is 6.09 Å². The summed E-state index contributed by atoms with van der Waals surface area (Å²) in [5, 5.41) is -0.142. The Labute approximate surface area is 122 Å². The first-order valence-corrected chi connectivity index (χ1v) is 6.61. The summed E-state index contributed by atoms with van der Waals surface area (Å²) in [7, 11) is 0. The number of carbonyl (C=O) groups is 1. The van der Waals surface area contributed by atoms with Crippen LogP contribution in [-0.4, -0.2) is 34.7 Å². The van der Waals surface area contributed by atoms with Crippen LogP contribution >= 0.6 is 11.6 Å². The van der Waals surface area contributed by atoms with Gasteiger partial charge in [0, 0.05) is 19.3 Å². The second-order valence-corrected chi connectivity index (χ2v) is 6.04. The van der Waals surface area contributed by atoms with Gasteiger partial charge in [-0.15, -0.1) is 0 Å². The van der Waals surface area contributed by atoms with E-state index >= 15 is 0 Å². The van der Waals surface area contributed by atoms with Gasteiger partial charge in [-0.2, -0.15) is 0 Å². The quantitative estimate of drug-likeness (QED) is 0.745. The summed E-state index contributed by atoms with van der Waals surface area (Å²) in [6.45, 7) is 6.44. The highest BCUT2D eigenvalue weighted by Crippen LogP contribution is 2.22. The van der Waals surface area contributed by atoms with Gasteiger partial charge in [0.15, 0.2) is 11.0 Å². The second kappa shape index (κ2) is 5.40. The van der Waals surface area contributed by atoms with Gasteiger partial charge in [0.2, 0.25) is 0 Å². The zero-order valence-corrected chi connectivity index (χ0v) is 12.4. The van der Waals surface area contributed by atoms with E-state index in [0.717, 1.165) is 5.57 Å². The van der Waals surface area contributed by atoms with Crippen LogP contribution in [0.4, 0.5) is 9.18 Å². The minimum absolute atomic E-state index is 0.142. The summed E-state index contributed by atoms with van der Waals surface area (Å²) in [5.41, 5.74) is 1.14. The van der Waals surface area contributed by atoms with Crippen LogP contribution in [-0.2, 0) is 4.74 Å². The SMILES string of the molecule is CC(C)(C)OC(=O)N1CC(=Cc2cnc(Cl)c(F)c2)C1. The fourth-order valence-electron chi connectivity index (χ4n) is 1.74. The minimum atomic E-state index is -0.552. The zero-order valence-electron chi connectivity index (χ0n) is 11.6. The maximum absolute atomic E-state index is 13.2. The highest BCUT2D eigenvalue weighted by Gasteiger charge is 2.29. The highest BCUT2D eigenvalue weighted by molar-refractivity contribution is 6.29. The molecule has 1 amide bonds. The number of aromatic nitrogens is 1. The first kappa shape index (κ1) is 14.8. The van der Waals surface area contributed by atoms with Gasteiger partial charge in [0.1, 0.15) is 5.60 Å². The van der Waals surface area contributed by atoms with E-state index in [2.05, 4.69) is 4.98 Å². The molecule has 1 fully saturated rings. The topological polar surface area (TPSA) is 42.4 Å². The third kappa shape index (κ3) is 3.70. The van der Waals surface area contributed by atoms with Crippen molar-refractivity contribution in [1.82, 2.24) is 9.88 Å². The standard InChI is InChI=1S/C14H16ClFN2O2/c1-14(2,3)20-13(19)18-7-10(8-18)4-9-5-11(16)12(15)17-6-9/h4-6H,7-8H2,1-3H3. The zero-order chi connectivity index (χ0) is 14.9. The molecule has 1 aliphatic rings. The van der Waals surface area contributed by atoms with Gasteiger partial charge in [0.05, 0.1) is 0 Å². The monoisotopic (exact) mass is 298 g/mol. The molecule has 0 atom stereocenters. The van der Waals surface area contributed by atoms with Crippen molar-refractivity contribution < 1.29 is 13.9 Å². The van der Waals surface area contributed by atoms with Crippen molar-refractivity contribution in [1.29, 1.82) is 0 Å². The molecule has 0 saturated carbocycles. The van der Waals surface area contributed by atoms with Gasteiger partial charge < -0.3 is 9.64 Å². The molecule has 0 unspecified atom stereocenters. The molecule has 1 saturated heterocycles. The number of pyridine rings is 1. The lowest BCUT2D eigenvalue weighted by Crippen LogP contribution is -2.46. The summed E-state index contributed by atoms with van der Waals surface area (Å²) in [5.74, 6) is -0.552. The summed E-state index contributed by atoms with van der Waals surface area (Å²) < 4.78 is 18.5. The molecule has 2 rings (SSSR count). The fraction of sp³-hybridized carbons (Fsp3) is 0.429. The molecule has 6 heteroatoms. The van der Waals surface area contributed by atoms with Crippen LogP contribution in [0.3, 0.4) is 0 Å². The number of hydrogen-bond acceptors (Lipinski definition) is 3. The number of rotatable bonds is 1. The van der Waals surface area contributed by atoms with Gasteiger partial charge in [-0.05, 0) is 38.0 Å². The van der Waals surface area contributed by atoms with E-state index in [1.165, 1.54) is 12.3 Å². The second-order valence-electron chi connectivity index (χ2n) is 5.68. The highest BCUT2D eigenvalue weighted by atomic mass is 35.5. The summed E-state index contributed by atoms with van der Waals surface area (Å²) in [6.07, 6.45) is 2.96. The van der Waals surface area contributed by atoms with Crippen LogP contribution in [0.5, 0.6) is 0 Å². The largest absolute Gasteiger partial charge is 0.444 e. The molecule has 1 aromatic heterocycles. The molecule has 2 heterocycles. The van der Waals surface area contributed by atoms with Crippen LogP contribution in [0, 0.1) is 5.82 Å². The van der Waals surface area contributed by atoms with Crippen LogP contribution in [0.25, 0.3) is 6.08 Å². The number of hydrogen-bond donors (Lipinski definition) is 0. The summed E-state index contributed by atoms with van der Waals surface area (Å²) in [6, 6.07) is 1.32. The third-order valence-electron chi connectivity index (χ3n) is 2.63. The van der Waals surface area contributed by atoms with Gasteiger partial charge in [-0.1, -0.05) is 17.7 Å². The Balaban J connectivity index is 1.94. The van der Waals surface area contributed by atoms with E-state index in [-0.39, 0.29) is 11.2 Å². The molecule has 108 valence electrons. The Morgan fingerprint density at radius 1 is 1.50 bits per heavy atom. The van der Waals surface area contributed by atoms with E-state index in [4.69, 9.17) is 16.3 Å². The van der Waals surface area contributed by atoms with E-state index in [9.17, 15) is 9.18 Å². The Hall–Kier alpha value is -1.62. The van der Waals surface area contributed by atoms with Crippen LogP contribution in [0.2, 0.25) is 5.15 Å². The number of carbonyl (C=O) groups excluding carboxylic acids is 1. The lowest BCUT2D eigenvalue weighted by Gasteiger charge is -2.35. The number of halogens is 2. The van der Waals surface area contributed by atoms with Gasteiger partial charge in [0.25, 0.3) is 0 Å². The predicted molar refractivity (Wildman–Crippen MR) is 75.0 cm³/mol. The van der Waals surface area contributed by atoms with Crippen molar-refractivity contribution in [2.24, 2.45) is 0 Å². The first-order chi connectivity index (χ1) is 9.24. The van der Waals surface area contributed by atoms with Crippen molar-refractivity contribution in [3.8, 4) is 0 Å². The van der Waals surface area contributed by atoms with Gasteiger partial charge in [-0.25, -0.2) is 14.2 Å². The molecule has 1 aromatic rings. The van der Waals surface area contributed by atoms with Crippen molar-refractivity contribution >= 4 is 23.8 Å². The number of nitrogens with zero attached hydrogens (tertiary/aromatic N) is 2. The third-order valence-corrected chi connectivity index (χ3v) is 2.91. The normalized spacial score (nSPS) is 14.8. The fourth-order valence-corrected chi connectivity index (χ4v) is 1.84. The molecule has 0 bridgehead atoms. The van der Waals surface area contributed by atoms with Gasteiger partial charge in [-0.3, -0.25) is 0 Å². The Morgan fingerprint density at radius 3 is 2.70 bits per heavy atom. The number of likely N-dealkylation sites (tertiary alicyclic amines) is 1. The summed E-state index contributed by atoms with van der Waals surface area (Å²) >= 11 is 5.52. The average molecular weight is 299 g/mol. The molecular formula is C14H16ClFN2O2. The number of amides is 1. The lowest BCUT2D eigenvalue weighted by atomic mass is 10.1. The van der Waals surface area contributed by atoms with E-state index < -0.39 is 11.4 Å². The van der Waals surface area contributed by atoms with E-state index in [1.807, 2.05) is 20.8 Å². The maximum Gasteiger partial charge on any atom is 0.410 e. The van der Waals surface area contributed by atoms with Crippen LogP contribution < -0.4 is 0 Å². The maximum atomic E-state index is 13.2. The van der Waals surface area contributed by atoms with E-state index in [1.54, 1.807) is 11.0 Å². The molecular weight excluding hydrogens is 283 g/mol. The minimum Gasteiger partial charge on any atom is -0.444 e. The molecule has 0 radical (unpaired) electrons. The average Bonchev–Trinajstić information content (AvgIpc) is 2.25. The van der Waals surface area contributed by atoms with E-state index in [0.29, 0.717) is 18.7 Å². The first-order valence-electron chi connectivity index (χ1n) is 6.23. The molecule has 0 aliphatic carbocycles. The molecule has 4 nitrogen and oxygen atoms in total. The Morgan fingerprint density at radius 2 is 2.15 bits per heavy atom. The Bertz CT molecular complexity index is 559. The van der Waals surface area contributed by atoms with Crippen molar-refractivity contribution in [3.05, 3.63) is 34.4 Å². The molecule has 0 aromatic carbocycles. The van der Waals surface area contributed by atoms with Crippen molar-refractivity contribution in [3.63, 3.8) is 0 Å².